The smallest absolute Gasteiger partial charge is 0.339 e. The lowest BCUT2D eigenvalue weighted by Gasteiger charge is -2.06. The first-order chi connectivity index (χ1) is 14.1. The van der Waals surface area contributed by atoms with Crippen LogP contribution < -0.4 is 0 Å². The number of allylic oxidation sites excluding steroid dienone is 2. The summed E-state index contributed by atoms with van der Waals surface area (Å²) in [6.07, 6.45) is 20.5. The SMILES string of the molecule is CCCCCCCC/C=C\CCCCCCCC(=O)c1cccc(C(=O)O)c1O. The molecule has 2 N–H and O–H groups in total. The van der Waals surface area contributed by atoms with E-state index < -0.39 is 11.7 Å². The van der Waals surface area contributed by atoms with Gasteiger partial charge in [0.05, 0.1) is 5.56 Å². The average Bonchev–Trinajstić information content (AvgIpc) is 2.70. The summed E-state index contributed by atoms with van der Waals surface area (Å²) in [5.74, 6) is -1.83. The van der Waals surface area contributed by atoms with Gasteiger partial charge in [0, 0.05) is 6.42 Å². The van der Waals surface area contributed by atoms with E-state index in [0.29, 0.717) is 6.42 Å². The third-order valence-electron chi connectivity index (χ3n) is 5.23. The number of ketones is 1. The highest BCUT2D eigenvalue weighted by Crippen LogP contribution is 2.24. The van der Waals surface area contributed by atoms with Gasteiger partial charge >= 0.3 is 5.97 Å². The summed E-state index contributed by atoms with van der Waals surface area (Å²) < 4.78 is 0. The van der Waals surface area contributed by atoms with Crippen LogP contribution in [0.1, 0.15) is 118 Å². The zero-order chi connectivity index (χ0) is 21.3. The number of carboxylic acids is 1. The lowest BCUT2D eigenvalue weighted by atomic mass is 10.0. The largest absolute Gasteiger partial charge is 0.506 e. The Morgan fingerprint density at radius 1 is 0.793 bits per heavy atom. The molecule has 1 aromatic rings. The summed E-state index contributed by atoms with van der Waals surface area (Å²) >= 11 is 0. The van der Waals surface area contributed by atoms with Crippen LogP contribution in [0.2, 0.25) is 0 Å². The summed E-state index contributed by atoms with van der Waals surface area (Å²) in [5.41, 5.74) is -0.110. The fraction of sp³-hybridized carbons (Fsp3) is 0.600. The van der Waals surface area contributed by atoms with E-state index in [4.69, 9.17) is 5.11 Å². The van der Waals surface area contributed by atoms with E-state index >= 15 is 0 Å². The second-order valence-corrected chi connectivity index (χ2v) is 7.76. The third kappa shape index (κ3) is 10.9. The highest BCUT2D eigenvalue weighted by molar-refractivity contribution is 6.02. The zero-order valence-corrected chi connectivity index (χ0v) is 18.0. The van der Waals surface area contributed by atoms with E-state index in [0.717, 1.165) is 32.1 Å². The Morgan fingerprint density at radius 2 is 1.31 bits per heavy atom. The summed E-state index contributed by atoms with van der Waals surface area (Å²) in [6.45, 7) is 2.25. The van der Waals surface area contributed by atoms with Gasteiger partial charge in [0.15, 0.2) is 5.78 Å². The Balaban J connectivity index is 2.05. The molecule has 0 unspecified atom stereocenters. The molecular formula is C25H38O4. The number of rotatable bonds is 17. The lowest BCUT2D eigenvalue weighted by Crippen LogP contribution is -2.04. The van der Waals surface area contributed by atoms with Crippen LogP contribution in [-0.4, -0.2) is 22.0 Å². The first-order valence-corrected chi connectivity index (χ1v) is 11.3. The number of unbranched alkanes of at least 4 members (excludes halogenated alkanes) is 11. The van der Waals surface area contributed by atoms with Crippen molar-refractivity contribution in [2.45, 2.75) is 96.8 Å². The molecule has 0 saturated carbocycles. The lowest BCUT2D eigenvalue weighted by molar-refractivity contribution is 0.0693. The van der Waals surface area contributed by atoms with E-state index in [-0.39, 0.29) is 16.9 Å². The van der Waals surface area contributed by atoms with E-state index in [1.807, 2.05) is 0 Å². The Kier molecular flexibility index (Phi) is 13.6. The molecule has 4 heteroatoms. The molecule has 0 aliphatic heterocycles. The molecule has 0 aliphatic rings. The number of aromatic carboxylic acids is 1. The Morgan fingerprint density at radius 3 is 1.90 bits per heavy atom. The molecule has 1 aromatic carbocycles. The van der Waals surface area contributed by atoms with Crippen molar-refractivity contribution in [1.82, 2.24) is 0 Å². The van der Waals surface area contributed by atoms with Gasteiger partial charge < -0.3 is 10.2 Å². The van der Waals surface area contributed by atoms with Crippen molar-refractivity contribution in [3.8, 4) is 5.75 Å². The maximum Gasteiger partial charge on any atom is 0.339 e. The Bertz CT molecular complexity index is 634. The highest BCUT2D eigenvalue weighted by Gasteiger charge is 2.17. The Labute approximate surface area is 176 Å². The maximum absolute atomic E-state index is 12.2. The quantitative estimate of drug-likeness (QED) is 0.163. The summed E-state index contributed by atoms with van der Waals surface area (Å²) in [4.78, 5) is 23.2. The molecule has 0 heterocycles. The molecular weight excluding hydrogens is 364 g/mol. The van der Waals surface area contributed by atoms with Crippen LogP contribution in [0.3, 0.4) is 0 Å². The van der Waals surface area contributed by atoms with Gasteiger partial charge in [0.1, 0.15) is 11.3 Å². The van der Waals surface area contributed by atoms with Crippen LogP contribution in [0, 0.1) is 0 Å². The molecule has 0 aliphatic carbocycles. The van der Waals surface area contributed by atoms with Gasteiger partial charge in [0.25, 0.3) is 0 Å². The molecule has 4 nitrogen and oxygen atoms in total. The van der Waals surface area contributed by atoms with Crippen molar-refractivity contribution < 1.29 is 19.8 Å². The minimum atomic E-state index is -1.22. The molecule has 0 saturated heterocycles. The van der Waals surface area contributed by atoms with Crippen molar-refractivity contribution in [3.63, 3.8) is 0 Å². The first kappa shape index (κ1) is 24.9. The molecule has 1 rings (SSSR count). The second-order valence-electron chi connectivity index (χ2n) is 7.76. The van der Waals surface area contributed by atoms with Gasteiger partial charge in [-0.1, -0.05) is 76.5 Å². The van der Waals surface area contributed by atoms with Crippen molar-refractivity contribution >= 4 is 11.8 Å². The highest BCUT2D eigenvalue weighted by atomic mass is 16.4. The molecule has 0 aromatic heterocycles. The van der Waals surface area contributed by atoms with Crippen molar-refractivity contribution in [2.75, 3.05) is 0 Å². The minimum absolute atomic E-state index is 0.111. The van der Waals surface area contributed by atoms with Crippen molar-refractivity contribution in [2.24, 2.45) is 0 Å². The second kappa shape index (κ2) is 15.8. The van der Waals surface area contributed by atoms with Crippen LogP contribution in [0.5, 0.6) is 5.75 Å². The molecule has 0 fully saturated rings. The number of carboxylic acid groups (broad SMARTS) is 1. The number of carbonyl (C=O) groups is 2. The van der Waals surface area contributed by atoms with Crippen LogP contribution in [-0.2, 0) is 0 Å². The number of carbonyl (C=O) groups excluding carboxylic acids is 1. The standard InChI is InChI=1S/C25H38O4/c1-2-3-4-5-6-7-8-9-10-11-12-13-14-15-16-20-23(26)21-18-17-19-22(24(21)27)25(28)29/h9-10,17-19,27H,2-8,11-16,20H2,1H3,(H,28,29)/b10-9-. The summed E-state index contributed by atoms with van der Waals surface area (Å²) in [5, 5.41) is 19.0. The van der Waals surface area contributed by atoms with Crippen molar-refractivity contribution in [3.05, 3.63) is 41.5 Å². The summed E-state index contributed by atoms with van der Waals surface area (Å²) in [6, 6.07) is 4.29. The van der Waals surface area contributed by atoms with Crippen LogP contribution in [0.4, 0.5) is 0 Å². The summed E-state index contributed by atoms with van der Waals surface area (Å²) in [7, 11) is 0. The minimum Gasteiger partial charge on any atom is -0.506 e. The van der Waals surface area contributed by atoms with Gasteiger partial charge in [-0.15, -0.1) is 0 Å². The van der Waals surface area contributed by atoms with E-state index in [2.05, 4.69) is 19.1 Å². The van der Waals surface area contributed by atoms with E-state index in [1.165, 1.54) is 69.6 Å². The van der Waals surface area contributed by atoms with Gasteiger partial charge in [-0.2, -0.15) is 0 Å². The topological polar surface area (TPSA) is 74.6 Å². The molecule has 0 bridgehead atoms. The van der Waals surface area contributed by atoms with Gasteiger partial charge in [-0.05, 0) is 44.2 Å². The number of Topliss-reactive ketones (excluding diaryl/α,β-unsaturated/α-hetero) is 1. The fourth-order valence-electron chi connectivity index (χ4n) is 3.43. The van der Waals surface area contributed by atoms with Gasteiger partial charge in [0.2, 0.25) is 0 Å². The number of hydrogen-bond acceptors (Lipinski definition) is 3. The number of aromatic hydroxyl groups is 1. The third-order valence-corrected chi connectivity index (χ3v) is 5.23. The molecule has 0 amide bonds. The number of phenols is 1. The van der Waals surface area contributed by atoms with Crippen LogP contribution in [0.15, 0.2) is 30.4 Å². The number of hydrogen-bond donors (Lipinski definition) is 2. The van der Waals surface area contributed by atoms with E-state index in [1.54, 1.807) is 0 Å². The van der Waals surface area contributed by atoms with Crippen molar-refractivity contribution in [1.29, 1.82) is 0 Å². The van der Waals surface area contributed by atoms with Crippen LogP contribution >= 0.6 is 0 Å². The normalized spacial score (nSPS) is 11.2. The fourth-order valence-corrected chi connectivity index (χ4v) is 3.43. The average molecular weight is 403 g/mol. The maximum atomic E-state index is 12.2. The molecule has 0 atom stereocenters. The predicted octanol–water partition coefficient (Wildman–Crippen LogP) is 7.31. The Hall–Kier alpha value is -2.10. The predicted molar refractivity (Wildman–Crippen MR) is 119 cm³/mol. The number of benzene rings is 1. The monoisotopic (exact) mass is 402 g/mol. The molecule has 0 radical (unpaired) electrons. The molecule has 162 valence electrons. The molecule has 0 spiro atoms. The van der Waals surface area contributed by atoms with Crippen LogP contribution in [0.25, 0.3) is 0 Å². The van der Waals surface area contributed by atoms with Gasteiger partial charge in [-0.25, -0.2) is 4.79 Å². The van der Waals surface area contributed by atoms with E-state index in [9.17, 15) is 14.7 Å². The molecule has 29 heavy (non-hydrogen) atoms. The zero-order valence-electron chi connectivity index (χ0n) is 18.0. The number of para-hydroxylation sites is 1. The van der Waals surface area contributed by atoms with Gasteiger partial charge in [-0.3, -0.25) is 4.79 Å². The first-order valence-electron chi connectivity index (χ1n) is 11.3.